The Morgan fingerprint density at radius 3 is 2.25 bits per heavy atom. The van der Waals surface area contributed by atoms with Gasteiger partial charge in [0.05, 0.1) is 0 Å². The van der Waals surface area contributed by atoms with Gasteiger partial charge in [0.1, 0.15) is 16.5 Å². The van der Waals surface area contributed by atoms with Crippen LogP contribution in [0.25, 0.3) is 0 Å². The maximum Gasteiger partial charge on any atom is 0.133 e. The van der Waals surface area contributed by atoms with Crippen molar-refractivity contribution in [3.63, 3.8) is 0 Å². The fraction of sp³-hybridized carbons (Fsp3) is 0.545. The van der Waals surface area contributed by atoms with Crippen molar-refractivity contribution in [3.05, 3.63) is 24.3 Å². The molecule has 0 unspecified atom stereocenters. The van der Waals surface area contributed by atoms with Gasteiger partial charge in [-0.05, 0) is 33.9 Å². The molecule has 0 heterocycles. The van der Waals surface area contributed by atoms with Crippen molar-refractivity contribution in [1.82, 2.24) is 10.2 Å². The fourth-order valence-corrected chi connectivity index (χ4v) is 1.65. The van der Waals surface area contributed by atoms with Gasteiger partial charge in [0.25, 0.3) is 0 Å². The summed E-state index contributed by atoms with van der Waals surface area (Å²) in [6.07, 6.45) is 1.66. The molecule has 16 heavy (non-hydrogen) atoms. The van der Waals surface area contributed by atoms with Gasteiger partial charge in [0.2, 0.25) is 0 Å². The molecule has 0 aromatic heterocycles. The molecule has 0 saturated heterocycles. The van der Waals surface area contributed by atoms with E-state index < -0.39 is 0 Å². The van der Waals surface area contributed by atoms with Crippen LogP contribution in [0.4, 0.5) is 0 Å². The van der Waals surface area contributed by atoms with Crippen molar-refractivity contribution >= 4 is 17.2 Å². The lowest BCUT2D eigenvalue weighted by molar-refractivity contribution is 0.317. The summed E-state index contributed by atoms with van der Waals surface area (Å²) < 4.78 is 0. The number of hydrogen-bond acceptors (Lipinski definition) is 4. The predicted molar refractivity (Wildman–Crippen MR) is 73.5 cm³/mol. The third kappa shape index (κ3) is 3.73. The minimum absolute atomic E-state index is 0.171. The highest BCUT2D eigenvalue weighted by Crippen LogP contribution is 2.16. The molecular weight excluding hydrogens is 220 g/mol. The zero-order valence-corrected chi connectivity index (χ0v) is 11.3. The van der Waals surface area contributed by atoms with Crippen LogP contribution >= 0.6 is 12.2 Å². The number of nitrogens with two attached hydrogens (primary N) is 2. The second-order valence-electron chi connectivity index (χ2n) is 4.39. The van der Waals surface area contributed by atoms with Crippen molar-refractivity contribution in [2.75, 3.05) is 6.54 Å². The molecule has 5 heteroatoms. The highest BCUT2D eigenvalue weighted by atomic mass is 32.1. The van der Waals surface area contributed by atoms with Crippen LogP contribution in [0.15, 0.2) is 24.3 Å². The molecule has 0 amide bonds. The zero-order chi connectivity index (χ0) is 12.9. The smallest absolute Gasteiger partial charge is 0.133 e. The average Bonchev–Trinajstić information content (AvgIpc) is 2.15. The summed E-state index contributed by atoms with van der Waals surface area (Å²) in [6, 6.07) is 0. The van der Waals surface area contributed by atoms with E-state index in [0.717, 1.165) is 0 Å². The Labute approximate surface area is 103 Å². The topological polar surface area (TPSA) is 67.3 Å². The molecule has 0 saturated carbocycles. The minimum Gasteiger partial charge on any atom is -0.393 e. The molecule has 0 bridgehead atoms. The Morgan fingerprint density at radius 1 is 1.44 bits per heavy atom. The van der Waals surface area contributed by atoms with Gasteiger partial charge >= 0.3 is 0 Å². The summed E-state index contributed by atoms with van der Waals surface area (Å²) in [4.78, 5) is 2.31. The first-order valence-electron chi connectivity index (χ1n) is 5.21. The van der Waals surface area contributed by atoms with Gasteiger partial charge in [0, 0.05) is 12.1 Å². The lowest BCUT2D eigenvalue weighted by atomic mass is 10.1. The van der Waals surface area contributed by atoms with Gasteiger partial charge in [-0.2, -0.15) is 0 Å². The van der Waals surface area contributed by atoms with E-state index in [4.69, 9.17) is 23.7 Å². The molecule has 0 aromatic carbocycles. The van der Waals surface area contributed by atoms with Crippen LogP contribution in [0, 0.1) is 0 Å². The fourth-order valence-electron chi connectivity index (χ4n) is 1.19. The number of rotatable bonds is 4. The van der Waals surface area contributed by atoms with Gasteiger partial charge in [-0.1, -0.05) is 18.8 Å². The first-order valence-corrected chi connectivity index (χ1v) is 5.61. The normalized spacial score (nSPS) is 12.8. The predicted octanol–water partition coefficient (Wildman–Crippen LogP) is 1.25. The van der Waals surface area contributed by atoms with Crippen molar-refractivity contribution < 1.29 is 0 Å². The molecule has 0 aromatic rings. The molecule has 0 aliphatic carbocycles. The number of nitrogens with zero attached hydrogens (tertiary/aromatic N) is 1. The maximum atomic E-state index is 5.88. The molecule has 0 aliphatic heterocycles. The van der Waals surface area contributed by atoms with Gasteiger partial charge in [-0.3, -0.25) is 0 Å². The molecule has 0 fully saturated rings. The Hall–Kier alpha value is -1.23. The van der Waals surface area contributed by atoms with Crippen molar-refractivity contribution in [2.45, 2.75) is 33.2 Å². The van der Waals surface area contributed by atoms with Crippen LogP contribution in [0.2, 0.25) is 0 Å². The largest absolute Gasteiger partial charge is 0.393 e. The van der Waals surface area contributed by atoms with E-state index in [1.165, 1.54) is 0 Å². The first-order chi connectivity index (χ1) is 7.25. The van der Waals surface area contributed by atoms with Crippen LogP contribution in [0.1, 0.15) is 27.7 Å². The van der Waals surface area contributed by atoms with Gasteiger partial charge < -0.3 is 21.7 Å². The zero-order valence-electron chi connectivity index (χ0n) is 10.5. The van der Waals surface area contributed by atoms with E-state index in [1.54, 1.807) is 6.20 Å². The summed E-state index contributed by atoms with van der Waals surface area (Å²) in [5.74, 6) is 0.406. The Morgan fingerprint density at radius 2 is 1.94 bits per heavy atom. The van der Waals surface area contributed by atoms with E-state index in [1.807, 2.05) is 32.6 Å². The van der Waals surface area contributed by atoms with E-state index in [-0.39, 0.29) is 5.54 Å². The van der Waals surface area contributed by atoms with Gasteiger partial charge in [-0.15, -0.1) is 0 Å². The quantitative estimate of drug-likeness (QED) is 0.511. The number of thiocarbonyl (C=S) groups is 1. The summed E-state index contributed by atoms with van der Waals surface area (Å²) in [5, 5.41) is 2.94. The number of hydrogen-bond donors (Lipinski definition) is 3. The summed E-state index contributed by atoms with van der Waals surface area (Å²) in [7, 11) is 0. The molecule has 0 atom stereocenters. The standard InChI is InChI=1S/C11H22N4S/c1-6-14-9(13)8(12)10(16)15(7-2)11(3,4)5/h7,14H,2,6,12-13H2,1,3-5H3/b9-8-. The maximum absolute atomic E-state index is 5.88. The molecular formula is C11H22N4S. The summed E-state index contributed by atoms with van der Waals surface area (Å²) in [6.45, 7) is 12.5. The summed E-state index contributed by atoms with van der Waals surface area (Å²) >= 11 is 5.29. The monoisotopic (exact) mass is 242 g/mol. The van der Waals surface area contributed by atoms with Crippen LogP contribution in [-0.2, 0) is 0 Å². The van der Waals surface area contributed by atoms with Crippen LogP contribution < -0.4 is 16.8 Å². The van der Waals surface area contributed by atoms with Gasteiger partial charge in [0.15, 0.2) is 0 Å². The van der Waals surface area contributed by atoms with Gasteiger partial charge in [-0.25, -0.2) is 0 Å². The summed E-state index contributed by atoms with van der Waals surface area (Å²) in [5.41, 5.74) is 11.9. The Bertz CT molecular complexity index is 302. The van der Waals surface area contributed by atoms with Crippen molar-refractivity contribution in [1.29, 1.82) is 0 Å². The van der Waals surface area contributed by atoms with Crippen molar-refractivity contribution in [3.8, 4) is 0 Å². The highest BCUT2D eigenvalue weighted by Gasteiger charge is 2.23. The molecule has 0 spiro atoms. The molecule has 92 valence electrons. The lowest BCUT2D eigenvalue weighted by Crippen LogP contribution is -2.44. The van der Waals surface area contributed by atoms with E-state index >= 15 is 0 Å². The Kier molecular flexibility index (Phi) is 5.30. The molecule has 5 N–H and O–H groups in total. The molecule has 0 radical (unpaired) electrons. The minimum atomic E-state index is -0.171. The first kappa shape index (κ1) is 14.8. The van der Waals surface area contributed by atoms with Crippen LogP contribution in [0.3, 0.4) is 0 Å². The third-order valence-corrected chi connectivity index (χ3v) is 2.43. The van der Waals surface area contributed by atoms with E-state index in [2.05, 4.69) is 11.9 Å². The van der Waals surface area contributed by atoms with Crippen molar-refractivity contribution in [2.24, 2.45) is 11.5 Å². The van der Waals surface area contributed by atoms with Crippen LogP contribution in [0.5, 0.6) is 0 Å². The second kappa shape index (κ2) is 5.75. The van der Waals surface area contributed by atoms with E-state index in [9.17, 15) is 0 Å². The highest BCUT2D eigenvalue weighted by molar-refractivity contribution is 7.80. The number of nitrogens with one attached hydrogen (secondary N) is 1. The SMILES string of the molecule is C=CN(C(=S)/C(N)=C(\N)NCC)C(C)(C)C. The average molecular weight is 242 g/mol. The lowest BCUT2D eigenvalue weighted by Gasteiger charge is -2.35. The van der Waals surface area contributed by atoms with Crippen LogP contribution in [-0.4, -0.2) is 22.0 Å². The van der Waals surface area contributed by atoms with E-state index in [0.29, 0.717) is 23.1 Å². The molecule has 0 rings (SSSR count). The molecule has 0 aliphatic rings. The second-order valence-corrected chi connectivity index (χ2v) is 4.77. The molecule has 4 nitrogen and oxygen atoms in total. The third-order valence-electron chi connectivity index (χ3n) is 2.01. The Balaban J connectivity index is 5.04.